The van der Waals surface area contributed by atoms with Gasteiger partial charge in [0.2, 0.25) is 0 Å². The lowest BCUT2D eigenvalue weighted by molar-refractivity contribution is -0.138. The highest BCUT2D eigenvalue weighted by molar-refractivity contribution is 5.48. The summed E-state index contributed by atoms with van der Waals surface area (Å²) in [4.78, 5) is 6.05. The van der Waals surface area contributed by atoms with Gasteiger partial charge in [0.1, 0.15) is 6.10 Å². The fourth-order valence-electron chi connectivity index (χ4n) is 3.62. The SMILES string of the molecule is FC(F)(F)c1ccc([C@H]2C[C@@H](c3ccc(C(F)(F)F)cc3)N(c3ccccc3)O2)cc1. The second-order valence-corrected chi connectivity index (χ2v) is 7.25. The first-order valence-corrected chi connectivity index (χ1v) is 9.48. The molecule has 4 rings (SSSR count). The highest BCUT2D eigenvalue weighted by atomic mass is 19.4. The predicted octanol–water partition coefficient (Wildman–Crippen LogP) is 7.35. The lowest BCUT2D eigenvalue weighted by atomic mass is 9.96. The summed E-state index contributed by atoms with van der Waals surface area (Å²) in [5.41, 5.74) is 0.366. The molecule has 31 heavy (non-hydrogen) atoms. The van der Waals surface area contributed by atoms with E-state index < -0.39 is 35.6 Å². The summed E-state index contributed by atoms with van der Waals surface area (Å²) in [6.45, 7) is 0. The number of benzene rings is 3. The van der Waals surface area contributed by atoms with Crippen molar-refractivity contribution in [3.05, 3.63) is 101 Å². The summed E-state index contributed by atoms with van der Waals surface area (Å²) in [5, 5.41) is 1.60. The number of alkyl halides is 6. The first-order chi connectivity index (χ1) is 14.6. The normalized spacial score (nSPS) is 19.6. The molecule has 0 aliphatic carbocycles. The van der Waals surface area contributed by atoms with E-state index in [-0.39, 0.29) is 0 Å². The van der Waals surface area contributed by atoms with Crippen LogP contribution in [-0.2, 0) is 17.2 Å². The van der Waals surface area contributed by atoms with E-state index >= 15 is 0 Å². The van der Waals surface area contributed by atoms with Crippen molar-refractivity contribution in [3.8, 4) is 0 Å². The zero-order valence-corrected chi connectivity index (χ0v) is 16.0. The number of nitrogens with zero attached hydrogens (tertiary/aromatic N) is 1. The molecular formula is C23H17F6NO. The largest absolute Gasteiger partial charge is 0.416 e. The summed E-state index contributed by atoms with van der Waals surface area (Å²) >= 11 is 0. The van der Waals surface area contributed by atoms with E-state index in [1.807, 2.05) is 6.07 Å². The van der Waals surface area contributed by atoms with Gasteiger partial charge in [0.05, 0.1) is 22.9 Å². The second-order valence-electron chi connectivity index (χ2n) is 7.25. The molecule has 0 bridgehead atoms. The molecule has 0 spiro atoms. The van der Waals surface area contributed by atoms with Gasteiger partial charge in [0, 0.05) is 6.42 Å². The van der Waals surface area contributed by atoms with Gasteiger partial charge in [-0.2, -0.15) is 26.3 Å². The highest BCUT2D eigenvalue weighted by Crippen LogP contribution is 2.45. The number of halogens is 6. The van der Waals surface area contributed by atoms with Crippen molar-refractivity contribution in [2.75, 3.05) is 5.06 Å². The van der Waals surface area contributed by atoms with E-state index in [2.05, 4.69) is 0 Å². The average molecular weight is 437 g/mol. The maximum Gasteiger partial charge on any atom is 0.416 e. The van der Waals surface area contributed by atoms with E-state index in [0.29, 0.717) is 23.2 Å². The Labute approximate surface area is 174 Å². The minimum absolute atomic E-state index is 0.367. The van der Waals surface area contributed by atoms with Crippen LogP contribution in [0.5, 0.6) is 0 Å². The van der Waals surface area contributed by atoms with Crippen LogP contribution < -0.4 is 5.06 Å². The van der Waals surface area contributed by atoms with Crippen LogP contribution in [0.3, 0.4) is 0 Å². The zero-order valence-electron chi connectivity index (χ0n) is 16.0. The summed E-state index contributed by atoms with van der Waals surface area (Å²) in [7, 11) is 0. The Bertz CT molecular complexity index is 1010. The number of hydrogen-bond donors (Lipinski definition) is 0. The molecular weight excluding hydrogens is 420 g/mol. The van der Waals surface area contributed by atoms with Gasteiger partial charge in [0.15, 0.2) is 0 Å². The van der Waals surface area contributed by atoms with Crippen LogP contribution in [0.15, 0.2) is 78.9 Å². The zero-order chi connectivity index (χ0) is 22.2. The molecule has 0 amide bonds. The summed E-state index contributed by atoms with van der Waals surface area (Å²) in [6.07, 6.45) is -9.05. The topological polar surface area (TPSA) is 12.5 Å². The first-order valence-electron chi connectivity index (χ1n) is 9.48. The Balaban J connectivity index is 1.64. The van der Waals surface area contributed by atoms with Crippen molar-refractivity contribution in [3.63, 3.8) is 0 Å². The molecule has 0 unspecified atom stereocenters. The highest BCUT2D eigenvalue weighted by Gasteiger charge is 2.37. The van der Waals surface area contributed by atoms with Gasteiger partial charge in [-0.25, -0.2) is 5.06 Å². The van der Waals surface area contributed by atoms with Crippen molar-refractivity contribution in [1.29, 1.82) is 0 Å². The Hall–Kier alpha value is -3.00. The third kappa shape index (κ3) is 4.54. The molecule has 1 heterocycles. The van der Waals surface area contributed by atoms with Crippen molar-refractivity contribution in [2.24, 2.45) is 0 Å². The standard InChI is InChI=1S/C23H17F6NO/c24-22(25,26)17-10-6-15(7-11-17)20-14-21(31-30(20)19-4-2-1-3-5-19)16-8-12-18(13-9-16)23(27,28)29/h1-13,20-21H,14H2/t20-,21+/m0/s1. The number of hydroxylamine groups is 1. The fourth-order valence-corrected chi connectivity index (χ4v) is 3.62. The molecule has 2 nitrogen and oxygen atoms in total. The molecule has 1 fully saturated rings. The van der Waals surface area contributed by atoms with Gasteiger partial charge in [-0.15, -0.1) is 0 Å². The number of hydrogen-bond acceptors (Lipinski definition) is 2. The molecule has 0 radical (unpaired) electrons. The third-order valence-corrected chi connectivity index (χ3v) is 5.20. The maximum atomic E-state index is 12.9. The van der Waals surface area contributed by atoms with Crippen LogP contribution in [0, 0.1) is 0 Å². The van der Waals surface area contributed by atoms with Crippen LogP contribution >= 0.6 is 0 Å². The van der Waals surface area contributed by atoms with E-state index in [0.717, 1.165) is 24.3 Å². The number of rotatable bonds is 3. The van der Waals surface area contributed by atoms with Crippen LogP contribution in [-0.4, -0.2) is 0 Å². The fraction of sp³-hybridized carbons (Fsp3) is 0.217. The Kier molecular flexibility index (Phi) is 5.43. The van der Waals surface area contributed by atoms with Gasteiger partial charge in [-0.1, -0.05) is 42.5 Å². The van der Waals surface area contributed by atoms with Crippen molar-refractivity contribution in [1.82, 2.24) is 0 Å². The molecule has 1 aliphatic rings. The van der Waals surface area contributed by atoms with E-state index in [9.17, 15) is 26.3 Å². The molecule has 1 saturated heterocycles. The van der Waals surface area contributed by atoms with Crippen molar-refractivity contribution in [2.45, 2.75) is 30.9 Å². The smallest absolute Gasteiger partial charge is 0.265 e. The Morgan fingerprint density at radius 1 is 0.645 bits per heavy atom. The molecule has 0 saturated carbocycles. The molecule has 0 aromatic heterocycles. The predicted molar refractivity (Wildman–Crippen MR) is 103 cm³/mol. The summed E-state index contributed by atoms with van der Waals surface area (Å²) in [6, 6.07) is 18.2. The van der Waals surface area contributed by atoms with Crippen LogP contribution in [0.2, 0.25) is 0 Å². The molecule has 162 valence electrons. The number of para-hydroxylation sites is 1. The number of anilines is 1. The molecule has 3 aromatic rings. The van der Waals surface area contributed by atoms with E-state index in [4.69, 9.17) is 4.84 Å². The monoisotopic (exact) mass is 437 g/mol. The van der Waals surface area contributed by atoms with E-state index in [1.165, 1.54) is 24.3 Å². The van der Waals surface area contributed by atoms with Crippen LogP contribution in [0.4, 0.5) is 32.0 Å². The minimum atomic E-state index is -4.44. The van der Waals surface area contributed by atoms with E-state index in [1.54, 1.807) is 29.3 Å². The van der Waals surface area contributed by atoms with Crippen LogP contribution in [0.25, 0.3) is 0 Å². The maximum absolute atomic E-state index is 12.9. The molecule has 8 heteroatoms. The summed E-state index contributed by atoms with van der Waals surface area (Å²) < 4.78 is 77.4. The quantitative estimate of drug-likeness (QED) is 0.397. The lowest BCUT2D eigenvalue weighted by Crippen LogP contribution is -2.21. The van der Waals surface area contributed by atoms with Gasteiger partial charge in [-0.05, 0) is 47.5 Å². The molecule has 2 atom stereocenters. The Morgan fingerprint density at radius 2 is 1.13 bits per heavy atom. The van der Waals surface area contributed by atoms with Crippen molar-refractivity contribution >= 4 is 5.69 Å². The van der Waals surface area contributed by atoms with Gasteiger partial charge >= 0.3 is 12.4 Å². The van der Waals surface area contributed by atoms with Gasteiger partial charge in [0.25, 0.3) is 0 Å². The molecule has 3 aromatic carbocycles. The van der Waals surface area contributed by atoms with Gasteiger partial charge in [-0.3, -0.25) is 4.84 Å². The van der Waals surface area contributed by atoms with Crippen LogP contribution in [0.1, 0.15) is 40.8 Å². The van der Waals surface area contributed by atoms with Crippen molar-refractivity contribution < 1.29 is 31.2 Å². The second kappa shape index (κ2) is 7.92. The molecule has 1 aliphatic heterocycles. The average Bonchev–Trinajstić information content (AvgIpc) is 3.19. The molecule has 0 N–H and O–H groups in total. The first kappa shape index (κ1) is 21.2. The Morgan fingerprint density at radius 3 is 1.61 bits per heavy atom. The minimum Gasteiger partial charge on any atom is -0.265 e. The lowest BCUT2D eigenvalue weighted by Gasteiger charge is -2.25. The third-order valence-electron chi connectivity index (χ3n) is 5.20. The summed E-state index contributed by atoms with van der Waals surface area (Å²) in [5.74, 6) is 0. The van der Waals surface area contributed by atoms with Gasteiger partial charge < -0.3 is 0 Å².